The van der Waals surface area contributed by atoms with Gasteiger partial charge in [-0.25, -0.2) is 9.97 Å². The highest BCUT2D eigenvalue weighted by atomic mass is 15.1. The Morgan fingerprint density at radius 3 is 2.63 bits per heavy atom. The zero-order chi connectivity index (χ0) is 13.4. The monoisotopic (exact) mass is 252 g/mol. The molecule has 0 amide bonds. The molecule has 0 saturated carbocycles. The lowest BCUT2D eigenvalue weighted by molar-refractivity contribution is 0.620. The van der Waals surface area contributed by atoms with Gasteiger partial charge < -0.3 is 10.3 Å². The fourth-order valence-corrected chi connectivity index (χ4v) is 2.31. The maximum atomic E-state index is 6.07. The zero-order valence-corrected chi connectivity index (χ0v) is 11.0. The molecule has 0 aliphatic carbocycles. The van der Waals surface area contributed by atoms with Gasteiger partial charge >= 0.3 is 0 Å². The van der Waals surface area contributed by atoms with Crippen molar-refractivity contribution in [3.63, 3.8) is 0 Å². The van der Waals surface area contributed by atoms with Crippen LogP contribution in [0.4, 0.5) is 5.69 Å². The lowest BCUT2D eigenvalue weighted by atomic mass is 10.1. The second-order valence-electron chi connectivity index (χ2n) is 4.83. The van der Waals surface area contributed by atoms with Crippen molar-refractivity contribution in [3.8, 4) is 11.4 Å². The molecular weight excluding hydrogens is 236 g/mol. The summed E-state index contributed by atoms with van der Waals surface area (Å²) in [4.78, 5) is 9.12. The number of rotatable bonds is 2. The summed E-state index contributed by atoms with van der Waals surface area (Å²) in [6, 6.07) is 11.9. The normalized spacial score (nSPS) is 11.3. The van der Waals surface area contributed by atoms with Gasteiger partial charge in [-0.3, -0.25) is 0 Å². The van der Waals surface area contributed by atoms with Crippen molar-refractivity contribution in [3.05, 3.63) is 42.6 Å². The van der Waals surface area contributed by atoms with Crippen LogP contribution in [-0.2, 0) is 0 Å². The van der Waals surface area contributed by atoms with Crippen molar-refractivity contribution in [1.82, 2.24) is 14.5 Å². The summed E-state index contributed by atoms with van der Waals surface area (Å²) in [5.41, 5.74) is 9.55. The molecule has 2 N–H and O–H groups in total. The highest BCUT2D eigenvalue weighted by Crippen LogP contribution is 2.30. The van der Waals surface area contributed by atoms with Gasteiger partial charge in [0.15, 0.2) is 5.65 Å². The molecule has 2 heterocycles. The van der Waals surface area contributed by atoms with E-state index < -0.39 is 0 Å². The molecule has 2 aromatic heterocycles. The quantitative estimate of drug-likeness (QED) is 0.712. The van der Waals surface area contributed by atoms with Crippen molar-refractivity contribution in [2.75, 3.05) is 5.73 Å². The average molecular weight is 252 g/mol. The van der Waals surface area contributed by atoms with Crippen LogP contribution in [0.25, 0.3) is 22.6 Å². The number of nitrogen functional groups attached to an aromatic ring is 1. The van der Waals surface area contributed by atoms with E-state index in [9.17, 15) is 0 Å². The minimum Gasteiger partial charge on any atom is -0.398 e. The van der Waals surface area contributed by atoms with E-state index in [-0.39, 0.29) is 6.04 Å². The van der Waals surface area contributed by atoms with Gasteiger partial charge in [0.1, 0.15) is 11.3 Å². The number of hydrogen-bond donors (Lipinski definition) is 1. The molecular formula is C15H16N4. The second kappa shape index (κ2) is 4.39. The first-order valence-corrected chi connectivity index (χ1v) is 6.36. The van der Waals surface area contributed by atoms with Gasteiger partial charge in [-0.2, -0.15) is 0 Å². The number of imidazole rings is 1. The number of para-hydroxylation sites is 1. The van der Waals surface area contributed by atoms with Crippen LogP contribution in [0.3, 0.4) is 0 Å². The van der Waals surface area contributed by atoms with Gasteiger partial charge in [0.2, 0.25) is 0 Å². The van der Waals surface area contributed by atoms with Gasteiger partial charge in [-0.05, 0) is 38.1 Å². The Bertz CT molecular complexity index is 728. The molecule has 0 unspecified atom stereocenters. The molecule has 4 heteroatoms. The fraction of sp³-hybridized carbons (Fsp3) is 0.200. The Morgan fingerprint density at radius 2 is 1.89 bits per heavy atom. The summed E-state index contributed by atoms with van der Waals surface area (Å²) in [7, 11) is 0. The number of anilines is 1. The van der Waals surface area contributed by atoms with E-state index in [4.69, 9.17) is 5.73 Å². The third-order valence-corrected chi connectivity index (χ3v) is 3.17. The lowest BCUT2D eigenvalue weighted by Crippen LogP contribution is -2.05. The number of aromatic nitrogens is 3. The number of nitrogens with two attached hydrogens (primary N) is 1. The van der Waals surface area contributed by atoms with Crippen LogP contribution >= 0.6 is 0 Å². The molecule has 0 atom stereocenters. The summed E-state index contributed by atoms with van der Waals surface area (Å²) in [6.07, 6.45) is 1.79. The number of hydrogen-bond acceptors (Lipinski definition) is 3. The number of benzene rings is 1. The van der Waals surface area contributed by atoms with Crippen molar-refractivity contribution in [1.29, 1.82) is 0 Å². The predicted molar refractivity (Wildman–Crippen MR) is 77.8 cm³/mol. The smallest absolute Gasteiger partial charge is 0.160 e. The first-order valence-electron chi connectivity index (χ1n) is 6.36. The second-order valence-corrected chi connectivity index (χ2v) is 4.83. The Balaban J connectivity index is 2.35. The SMILES string of the molecule is CC(C)n1c(-c2ccccc2N)nc2cccnc21. The third kappa shape index (κ3) is 1.85. The average Bonchev–Trinajstić information content (AvgIpc) is 2.78. The number of nitrogens with zero attached hydrogens (tertiary/aromatic N) is 3. The molecule has 0 aliphatic heterocycles. The Kier molecular flexibility index (Phi) is 2.71. The van der Waals surface area contributed by atoms with E-state index in [1.165, 1.54) is 0 Å². The maximum absolute atomic E-state index is 6.07. The van der Waals surface area contributed by atoms with Crippen molar-refractivity contribution < 1.29 is 0 Å². The molecule has 0 radical (unpaired) electrons. The molecule has 0 aliphatic rings. The van der Waals surface area contributed by atoms with Gasteiger partial charge in [0.25, 0.3) is 0 Å². The van der Waals surface area contributed by atoms with E-state index in [0.29, 0.717) is 0 Å². The van der Waals surface area contributed by atoms with Crippen molar-refractivity contribution in [2.24, 2.45) is 0 Å². The highest BCUT2D eigenvalue weighted by Gasteiger charge is 2.16. The molecule has 3 aromatic rings. The molecule has 0 saturated heterocycles. The van der Waals surface area contributed by atoms with Crippen LogP contribution < -0.4 is 5.73 Å². The van der Waals surface area contributed by atoms with E-state index >= 15 is 0 Å². The van der Waals surface area contributed by atoms with E-state index in [0.717, 1.165) is 28.2 Å². The molecule has 0 spiro atoms. The first kappa shape index (κ1) is 11.7. The van der Waals surface area contributed by atoms with Gasteiger partial charge in [0.05, 0.1) is 0 Å². The van der Waals surface area contributed by atoms with Crippen molar-refractivity contribution >= 4 is 16.9 Å². The summed E-state index contributed by atoms with van der Waals surface area (Å²) in [6.45, 7) is 4.25. The predicted octanol–water partition coefficient (Wildman–Crippen LogP) is 3.26. The van der Waals surface area contributed by atoms with Crippen molar-refractivity contribution in [2.45, 2.75) is 19.9 Å². The molecule has 19 heavy (non-hydrogen) atoms. The fourth-order valence-electron chi connectivity index (χ4n) is 2.31. The van der Waals surface area contributed by atoms with E-state index in [1.54, 1.807) is 6.20 Å². The molecule has 4 nitrogen and oxygen atoms in total. The van der Waals surface area contributed by atoms with Crippen LogP contribution in [0, 0.1) is 0 Å². The Hall–Kier alpha value is -2.36. The summed E-state index contributed by atoms with van der Waals surface area (Å²) in [5.74, 6) is 0.877. The summed E-state index contributed by atoms with van der Waals surface area (Å²) < 4.78 is 2.13. The largest absolute Gasteiger partial charge is 0.398 e. The van der Waals surface area contributed by atoms with Gasteiger partial charge in [-0.15, -0.1) is 0 Å². The third-order valence-electron chi connectivity index (χ3n) is 3.17. The van der Waals surface area contributed by atoms with Gasteiger partial charge in [0, 0.05) is 23.5 Å². The zero-order valence-electron chi connectivity index (χ0n) is 11.0. The summed E-state index contributed by atoms with van der Waals surface area (Å²) in [5, 5.41) is 0. The first-order chi connectivity index (χ1) is 9.18. The van der Waals surface area contributed by atoms with Crippen LogP contribution in [0.2, 0.25) is 0 Å². The Morgan fingerprint density at radius 1 is 1.11 bits per heavy atom. The Labute approximate surface area is 111 Å². The number of pyridine rings is 1. The van der Waals surface area contributed by atoms with Crippen LogP contribution in [0.5, 0.6) is 0 Å². The molecule has 0 bridgehead atoms. The maximum Gasteiger partial charge on any atom is 0.160 e. The number of fused-ring (bicyclic) bond motifs is 1. The minimum absolute atomic E-state index is 0.273. The topological polar surface area (TPSA) is 56.7 Å². The highest BCUT2D eigenvalue weighted by molar-refractivity contribution is 5.81. The van der Waals surface area contributed by atoms with Crippen LogP contribution in [0.15, 0.2) is 42.6 Å². The standard InChI is InChI=1S/C15H16N4/c1-10(2)19-14(11-6-3-4-7-12(11)16)18-13-8-5-9-17-15(13)19/h3-10H,16H2,1-2H3. The molecule has 96 valence electrons. The molecule has 0 fully saturated rings. The van der Waals surface area contributed by atoms with E-state index in [2.05, 4.69) is 28.4 Å². The van der Waals surface area contributed by atoms with Crippen LogP contribution in [-0.4, -0.2) is 14.5 Å². The molecule has 1 aromatic carbocycles. The summed E-state index contributed by atoms with van der Waals surface area (Å²) >= 11 is 0. The van der Waals surface area contributed by atoms with Gasteiger partial charge in [-0.1, -0.05) is 12.1 Å². The van der Waals surface area contributed by atoms with E-state index in [1.807, 2.05) is 36.4 Å². The molecule has 3 rings (SSSR count). The minimum atomic E-state index is 0.273. The lowest BCUT2D eigenvalue weighted by Gasteiger charge is -2.13. The van der Waals surface area contributed by atoms with Crippen LogP contribution in [0.1, 0.15) is 19.9 Å².